The lowest BCUT2D eigenvalue weighted by atomic mass is 9.96. The third kappa shape index (κ3) is 6.22. The van der Waals surface area contributed by atoms with Crippen molar-refractivity contribution < 1.29 is 13.6 Å². The van der Waals surface area contributed by atoms with Crippen LogP contribution in [-0.4, -0.2) is 52.4 Å². The number of halogens is 2. The maximum atomic E-state index is 12.4. The number of hydrogen-bond donors (Lipinski definition) is 3. The van der Waals surface area contributed by atoms with Crippen LogP contribution in [0.5, 0.6) is 0 Å². The lowest BCUT2D eigenvalue weighted by Gasteiger charge is -2.16. The predicted molar refractivity (Wildman–Crippen MR) is 142 cm³/mol. The molecule has 3 heterocycles. The van der Waals surface area contributed by atoms with Crippen molar-refractivity contribution in [1.82, 2.24) is 25.3 Å². The van der Waals surface area contributed by atoms with Crippen LogP contribution < -0.4 is 16.0 Å². The molecule has 0 aliphatic heterocycles. The number of nitrogens with one attached hydrogen (secondary N) is 3. The van der Waals surface area contributed by atoms with Crippen molar-refractivity contribution in [3.8, 4) is 11.3 Å². The van der Waals surface area contributed by atoms with Gasteiger partial charge in [-0.15, -0.1) is 0 Å². The maximum absolute atomic E-state index is 12.4. The van der Waals surface area contributed by atoms with E-state index < -0.39 is 13.0 Å². The van der Waals surface area contributed by atoms with Crippen LogP contribution in [0.25, 0.3) is 22.2 Å². The molecular formula is C25H27F2N7OS. The number of pyridine rings is 2. The molecule has 3 aromatic heterocycles. The Morgan fingerprint density at radius 2 is 1.78 bits per heavy atom. The molecule has 8 nitrogen and oxygen atoms in total. The summed E-state index contributed by atoms with van der Waals surface area (Å²) >= 11 is 0. The second kappa shape index (κ2) is 12.2. The van der Waals surface area contributed by atoms with Crippen LogP contribution in [0, 0.1) is 0 Å². The normalized spacial score (nSPS) is 11.6. The van der Waals surface area contributed by atoms with E-state index in [0.29, 0.717) is 29.4 Å². The Bertz CT molecular complexity index is 1320. The summed E-state index contributed by atoms with van der Waals surface area (Å²) in [7, 11) is 1.61. The van der Waals surface area contributed by atoms with Gasteiger partial charge in [0.25, 0.3) is 12.3 Å². The fourth-order valence-corrected chi connectivity index (χ4v) is 3.74. The van der Waals surface area contributed by atoms with E-state index in [1.165, 1.54) is 6.33 Å². The van der Waals surface area contributed by atoms with Gasteiger partial charge in [-0.05, 0) is 23.8 Å². The van der Waals surface area contributed by atoms with E-state index in [1.54, 1.807) is 43.7 Å². The van der Waals surface area contributed by atoms with Gasteiger partial charge < -0.3 is 16.0 Å². The zero-order valence-electron chi connectivity index (χ0n) is 19.8. The van der Waals surface area contributed by atoms with Crippen LogP contribution in [-0.2, 0) is 0 Å². The number of aromatic nitrogens is 4. The molecule has 0 radical (unpaired) electrons. The van der Waals surface area contributed by atoms with Gasteiger partial charge in [0.2, 0.25) is 0 Å². The number of carbonyl (C=O) groups excluding carboxylic acids is 1. The van der Waals surface area contributed by atoms with Crippen LogP contribution in [0.2, 0.25) is 0 Å². The zero-order valence-corrected chi connectivity index (χ0v) is 20.8. The molecular weight excluding hydrogens is 484 g/mol. The number of carbonyl (C=O) groups is 1. The molecule has 36 heavy (non-hydrogen) atoms. The Balaban J connectivity index is 0.00000361. The minimum absolute atomic E-state index is 0. The van der Waals surface area contributed by atoms with Crippen molar-refractivity contribution in [3.05, 3.63) is 72.3 Å². The highest BCUT2D eigenvalue weighted by Crippen LogP contribution is 2.27. The van der Waals surface area contributed by atoms with E-state index in [0.717, 1.165) is 22.0 Å². The van der Waals surface area contributed by atoms with Crippen molar-refractivity contribution in [2.45, 2.75) is 19.3 Å². The minimum atomic E-state index is -2.45. The van der Waals surface area contributed by atoms with E-state index in [9.17, 15) is 13.6 Å². The highest BCUT2D eigenvalue weighted by atomic mass is 32.1. The summed E-state index contributed by atoms with van der Waals surface area (Å²) in [6.45, 7) is 2.20. The summed E-state index contributed by atoms with van der Waals surface area (Å²) in [4.78, 5) is 29.5. The lowest BCUT2D eigenvalue weighted by Crippen LogP contribution is -2.18. The maximum Gasteiger partial charge on any atom is 0.255 e. The number of benzene rings is 1. The van der Waals surface area contributed by atoms with Crippen LogP contribution in [0.15, 0.2) is 61.2 Å². The third-order valence-corrected chi connectivity index (χ3v) is 5.56. The van der Waals surface area contributed by atoms with Gasteiger partial charge >= 0.3 is 0 Å². The average molecular weight is 512 g/mol. The fourth-order valence-electron chi connectivity index (χ4n) is 3.74. The fraction of sp³-hybridized carbons (Fsp3) is 0.240. The third-order valence-electron chi connectivity index (χ3n) is 5.56. The number of amides is 1. The second-order valence-corrected chi connectivity index (χ2v) is 7.96. The van der Waals surface area contributed by atoms with Gasteiger partial charge in [-0.3, -0.25) is 9.78 Å². The monoisotopic (exact) mass is 511 g/mol. The molecule has 1 atom stereocenters. The number of para-hydroxylation sites is 1. The number of rotatable bonds is 9. The summed E-state index contributed by atoms with van der Waals surface area (Å²) in [5.41, 5.74) is 3.80. The molecule has 0 aliphatic rings. The van der Waals surface area contributed by atoms with Gasteiger partial charge in [-0.1, -0.05) is 25.1 Å². The van der Waals surface area contributed by atoms with Gasteiger partial charge in [0.05, 0.1) is 23.3 Å². The average Bonchev–Trinajstić information content (AvgIpc) is 2.89. The molecule has 11 heteroatoms. The number of hydrogen-bond acceptors (Lipinski definition) is 7. The number of fused-ring (bicyclic) bond motifs is 1. The first kappa shape index (κ1) is 26.7. The standard InChI is InChI=1S/C25H25F2N7O.H2S/c1-15(17-4-3-5-18-19(25(35)28-2)8-9-29-24(17)18)11-30-23-10-20(33-14-34-23)16-6-7-22(31-12-16)32-13-21(26)27;/h3-10,12,14-15,21H,11,13H2,1-2H3,(H,28,35)(H,31,32)(H,30,33,34);1H2/t15-;/m1./s1. The predicted octanol–water partition coefficient (Wildman–Crippen LogP) is 4.45. The smallest absolute Gasteiger partial charge is 0.255 e. The summed E-state index contributed by atoms with van der Waals surface area (Å²) in [5, 5.41) is 9.39. The molecule has 0 unspecified atom stereocenters. The van der Waals surface area contributed by atoms with Crippen molar-refractivity contribution in [2.24, 2.45) is 0 Å². The van der Waals surface area contributed by atoms with Gasteiger partial charge in [0.15, 0.2) is 0 Å². The molecule has 188 valence electrons. The van der Waals surface area contributed by atoms with E-state index in [-0.39, 0.29) is 25.3 Å². The number of anilines is 2. The van der Waals surface area contributed by atoms with Gasteiger partial charge in [-0.2, -0.15) is 13.5 Å². The zero-order chi connectivity index (χ0) is 24.8. The largest absolute Gasteiger partial charge is 0.369 e. The van der Waals surface area contributed by atoms with Crippen LogP contribution >= 0.6 is 13.5 Å². The summed E-state index contributed by atoms with van der Waals surface area (Å²) in [5.74, 6) is 0.937. The summed E-state index contributed by atoms with van der Waals surface area (Å²) in [6, 6.07) is 12.8. The van der Waals surface area contributed by atoms with E-state index in [1.807, 2.05) is 18.2 Å². The second-order valence-electron chi connectivity index (χ2n) is 7.96. The number of nitrogens with zero attached hydrogens (tertiary/aromatic N) is 4. The molecule has 4 rings (SSSR count). The van der Waals surface area contributed by atoms with Gasteiger partial charge in [-0.25, -0.2) is 23.7 Å². The molecule has 0 saturated carbocycles. The first-order chi connectivity index (χ1) is 17.0. The Morgan fingerprint density at radius 1 is 0.972 bits per heavy atom. The van der Waals surface area contributed by atoms with E-state index in [4.69, 9.17) is 0 Å². The number of alkyl halides is 2. The highest BCUT2D eigenvalue weighted by Gasteiger charge is 2.15. The van der Waals surface area contributed by atoms with Gasteiger partial charge in [0.1, 0.15) is 18.0 Å². The van der Waals surface area contributed by atoms with Gasteiger partial charge in [0, 0.05) is 48.9 Å². The molecule has 0 bridgehead atoms. The minimum Gasteiger partial charge on any atom is -0.369 e. The topological polar surface area (TPSA) is 105 Å². The van der Waals surface area contributed by atoms with Crippen molar-refractivity contribution in [2.75, 3.05) is 30.8 Å². The molecule has 1 aromatic carbocycles. The molecule has 3 N–H and O–H groups in total. The van der Waals surface area contributed by atoms with Crippen molar-refractivity contribution in [1.29, 1.82) is 0 Å². The first-order valence-electron chi connectivity index (χ1n) is 11.1. The molecule has 0 aliphatic carbocycles. The highest BCUT2D eigenvalue weighted by molar-refractivity contribution is 7.59. The molecule has 0 fully saturated rings. The van der Waals surface area contributed by atoms with Crippen molar-refractivity contribution >= 4 is 41.9 Å². The Morgan fingerprint density at radius 3 is 2.50 bits per heavy atom. The lowest BCUT2D eigenvalue weighted by molar-refractivity contribution is 0.0964. The van der Waals surface area contributed by atoms with E-state index >= 15 is 0 Å². The molecule has 0 spiro atoms. The SMILES string of the molecule is CNC(=O)c1ccnc2c([C@H](C)CNc3cc(-c4ccc(NCC(F)F)nc4)ncn3)cccc12.S. The van der Waals surface area contributed by atoms with Crippen LogP contribution in [0.1, 0.15) is 28.8 Å². The Labute approximate surface area is 214 Å². The summed E-state index contributed by atoms with van der Waals surface area (Å²) in [6.07, 6.45) is 2.24. The summed E-state index contributed by atoms with van der Waals surface area (Å²) < 4.78 is 24.7. The Kier molecular flexibility index (Phi) is 9.07. The first-order valence-corrected chi connectivity index (χ1v) is 11.1. The van der Waals surface area contributed by atoms with E-state index in [2.05, 4.69) is 42.8 Å². The Hall–Kier alpha value is -3.86. The van der Waals surface area contributed by atoms with Crippen molar-refractivity contribution in [3.63, 3.8) is 0 Å². The van der Waals surface area contributed by atoms with Crippen LogP contribution in [0.4, 0.5) is 20.4 Å². The molecule has 0 saturated heterocycles. The molecule has 4 aromatic rings. The quantitative estimate of drug-likeness (QED) is 0.305. The molecule has 1 amide bonds. The van der Waals surface area contributed by atoms with Crippen LogP contribution in [0.3, 0.4) is 0 Å².